The van der Waals surface area contributed by atoms with Crippen LogP contribution >= 0.6 is 11.6 Å². The molecular formula is C13H18ClNO3. The molecule has 1 heterocycles. The Balaban J connectivity index is 2.38. The van der Waals surface area contributed by atoms with E-state index in [9.17, 15) is 10.3 Å². The molecule has 2 N–H and O–H groups in total. The second-order valence-corrected chi connectivity index (χ2v) is 5.76. The molecule has 0 radical (unpaired) electrons. The van der Waals surface area contributed by atoms with Crippen LogP contribution in [0.25, 0.3) is 0 Å². The lowest BCUT2D eigenvalue weighted by molar-refractivity contribution is -0.363. The van der Waals surface area contributed by atoms with Gasteiger partial charge in [-0.3, -0.25) is 0 Å². The van der Waals surface area contributed by atoms with Crippen LogP contribution in [-0.4, -0.2) is 33.6 Å². The highest BCUT2D eigenvalue weighted by atomic mass is 35.5. The Hall–Kier alpha value is -0.650. The van der Waals surface area contributed by atoms with Gasteiger partial charge in [0.15, 0.2) is 0 Å². The third-order valence-corrected chi connectivity index (χ3v) is 3.67. The number of hydroxylamine groups is 2. The van der Waals surface area contributed by atoms with E-state index in [4.69, 9.17) is 16.3 Å². The van der Waals surface area contributed by atoms with Crippen LogP contribution in [0, 0.1) is 0 Å². The summed E-state index contributed by atoms with van der Waals surface area (Å²) in [6.45, 7) is 5.63. The van der Waals surface area contributed by atoms with Gasteiger partial charge in [0.2, 0.25) is 5.79 Å². The zero-order valence-electron chi connectivity index (χ0n) is 10.7. The van der Waals surface area contributed by atoms with Gasteiger partial charge in [0.05, 0.1) is 18.2 Å². The molecule has 0 saturated carbocycles. The van der Waals surface area contributed by atoms with Crippen molar-refractivity contribution in [2.24, 2.45) is 0 Å². The summed E-state index contributed by atoms with van der Waals surface area (Å²) in [6.07, 6.45) is 0. The van der Waals surface area contributed by atoms with E-state index < -0.39 is 17.4 Å². The molecule has 2 atom stereocenters. The minimum absolute atomic E-state index is 0.219. The number of morpholine rings is 1. The summed E-state index contributed by atoms with van der Waals surface area (Å²) in [6, 6.07) is 6.24. The van der Waals surface area contributed by atoms with Crippen molar-refractivity contribution in [3.8, 4) is 0 Å². The van der Waals surface area contributed by atoms with E-state index in [1.165, 1.54) is 0 Å². The van der Waals surface area contributed by atoms with Crippen molar-refractivity contribution in [1.82, 2.24) is 5.06 Å². The van der Waals surface area contributed by atoms with Crippen LogP contribution in [0.3, 0.4) is 0 Å². The SMILES string of the molecule is CC1N(O)C(C)(C)COC1(O)c1cccc(Cl)c1. The van der Waals surface area contributed by atoms with Gasteiger partial charge in [0, 0.05) is 10.6 Å². The Bertz CT molecular complexity index is 452. The minimum Gasteiger partial charge on any atom is -0.361 e. The highest BCUT2D eigenvalue weighted by Gasteiger charge is 2.50. The minimum atomic E-state index is -1.56. The number of hydrogen-bond donors (Lipinski definition) is 2. The normalized spacial score (nSPS) is 32.4. The summed E-state index contributed by atoms with van der Waals surface area (Å²) in [4.78, 5) is 0. The molecule has 1 aromatic carbocycles. The van der Waals surface area contributed by atoms with Crippen LogP contribution in [0.5, 0.6) is 0 Å². The molecular weight excluding hydrogens is 254 g/mol. The molecule has 1 fully saturated rings. The van der Waals surface area contributed by atoms with Crippen LogP contribution in [0.1, 0.15) is 26.3 Å². The van der Waals surface area contributed by atoms with Crippen LogP contribution < -0.4 is 0 Å². The smallest absolute Gasteiger partial charge is 0.210 e. The molecule has 1 aliphatic rings. The lowest BCUT2D eigenvalue weighted by atomic mass is 9.92. The molecule has 0 aromatic heterocycles. The van der Waals surface area contributed by atoms with Gasteiger partial charge in [0.25, 0.3) is 0 Å². The Morgan fingerprint density at radius 3 is 2.72 bits per heavy atom. The number of benzene rings is 1. The van der Waals surface area contributed by atoms with Crippen molar-refractivity contribution in [1.29, 1.82) is 0 Å². The van der Waals surface area contributed by atoms with Gasteiger partial charge < -0.3 is 15.1 Å². The summed E-state index contributed by atoms with van der Waals surface area (Å²) in [7, 11) is 0. The van der Waals surface area contributed by atoms with Gasteiger partial charge in [0.1, 0.15) is 0 Å². The van der Waals surface area contributed by atoms with Gasteiger partial charge in [-0.2, -0.15) is 5.06 Å². The van der Waals surface area contributed by atoms with E-state index in [1.54, 1.807) is 31.2 Å². The van der Waals surface area contributed by atoms with Crippen molar-refractivity contribution < 1.29 is 15.1 Å². The first-order chi connectivity index (χ1) is 8.27. The maximum Gasteiger partial charge on any atom is 0.210 e. The third-order valence-electron chi connectivity index (χ3n) is 3.44. The van der Waals surface area contributed by atoms with Gasteiger partial charge in [-0.15, -0.1) is 0 Å². The van der Waals surface area contributed by atoms with Crippen molar-refractivity contribution >= 4 is 11.6 Å². The largest absolute Gasteiger partial charge is 0.361 e. The lowest BCUT2D eigenvalue weighted by Crippen LogP contribution is -2.63. The Kier molecular flexibility index (Phi) is 3.42. The summed E-state index contributed by atoms with van der Waals surface area (Å²) in [5.74, 6) is -1.56. The van der Waals surface area contributed by atoms with Crippen molar-refractivity contribution in [2.75, 3.05) is 6.61 Å². The molecule has 1 aromatic rings. The number of ether oxygens (including phenoxy) is 1. The first-order valence-corrected chi connectivity index (χ1v) is 6.26. The highest BCUT2D eigenvalue weighted by molar-refractivity contribution is 6.30. The summed E-state index contributed by atoms with van der Waals surface area (Å²) < 4.78 is 5.60. The van der Waals surface area contributed by atoms with E-state index in [0.29, 0.717) is 10.6 Å². The molecule has 0 aliphatic carbocycles. The third kappa shape index (κ3) is 2.15. The molecule has 1 aliphatic heterocycles. The van der Waals surface area contributed by atoms with E-state index in [2.05, 4.69) is 0 Å². The maximum absolute atomic E-state index is 10.7. The number of hydrogen-bond acceptors (Lipinski definition) is 4. The lowest BCUT2D eigenvalue weighted by Gasteiger charge is -2.50. The van der Waals surface area contributed by atoms with Crippen molar-refractivity contribution in [3.63, 3.8) is 0 Å². The average molecular weight is 272 g/mol. The fraction of sp³-hybridized carbons (Fsp3) is 0.538. The molecule has 0 bridgehead atoms. The molecule has 2 rings (SSSR count). The fourth-order valence-corrected chi connectivity index (χ4v) is 2.39. The summed E-state index contributed by atoms with van der Waals surface area (Å²) in [5, 5.41) is 22.4. The van der Waals surface area contributed by atoms with E-state index >= 15 is 0 Å². The second-order valence-electron chi connectivity index (χ2n) is 5.33. The zero-order valence-corrected chi connectivity index (χ0v) is 11.5. The van der Waals surface area contributed by atoms with Crippen LogP contribution in [0.4, 0.5) is 0 Å². The topological polar surface area (TPSA) is 52.9 Å². The summed E-state index contributed by atoms with van der Waals surface area (Å²) >= 11 is 5.92. The predicted octanol–water partition coefficient (Wildman–Crippen LogP) is 2.37. The van der Waals surface area contributed by atoms with Crippen LogP contribution in [0.15, 0.2) is 24.3 Å². The highest BCUT2D eigenvalue weighted by Crippen LogP contribution is 2.38. The van der Waals surface area contributed by atoms with Crippen molar-refractivity contribution in [3.05, 3.63) is 34.9 Å². The predicted molar refractivity (Wildman–Crippen MR) is 68.5 cm³/mol. The average Bonchev–Trinajstić information content (AvgIpc) is 2.32. The first kappa shape index (κ1) is 13.8. The standard InChI is InChI=1S/C13H18ClNO3/c1-9-13(16,10-5-4-6-11(14)7-10)18-8-12(2,3)15(9)17/h4-7,9,16-17H,8H2,1-3H3. The molecule has 0 amide bonds. The van der Waals surface area contributed by atoms with E-state index in [1.807, 2.05) is 13.8 Å². The van der Waals surface area contributed by atoms with Crippen molar-refractivity contribution in [2.45, 2.75) is 38.1 Å². The maximum atomic E-state index is 10.7. The van der Waals surface area contributed by atoms with Gasteiger partial charge in [-0.05, 0) is 32.9 Å². The number of nitrogens with zero attached hydrogens (tertiary/aromatic N) is 1. The van der Waals surface area contributed by atoms with Crippen LogP contribution in [0.2, 0.25) is 5.02 Å². The second kappa shape index (κ2) is 4.47. The molecule has 5 heteroatoms. The Morgan fingerprint density at radius 1 is 1.44 bits per heavy atom. The first-order valence-electron chi connectivity index (χ1n) is 5.88. The van der Waals surface area contributed by atoms with E-state index in [-0.39, 0.29) is 6.61 Å². The fourth-order valence-electron chi connectivity index (χ4n) is 2.20. The monoisotopic (exact) mass is 271 g/mol. The van der Waals surface area contributed by atoms with Crippen LogP contribution in [-0.2, 0) is 10.5 Å². The number of rotatable bonds is 1. The molecule has 1 saturated heterocycles. The Labute approximate surface area is 112 Å². The van der Waals surface area contributed by atoms with E-state index in [0.717, 1.165) is 5.06 Å². The molecule has 2 unspecified atom stereocenters. The number of halogens is 1. The quantitative estimate of drug-likeness (QED) is 0.823. The summed E-state index contributed by atoms with van der Waals surface area (Å²) in [5.41, 5.74) is 0.00146. The van der Waals surface area contributed by atoms with Gasteiger partial charge in [-0.25, -0.2) is 0 Å². The Morgan fingerprint density at radius 2 is 2.11 bits per heavy atom. The number of aliphatic hydroxyl groups is 1. The molecule has 0 spiro atoms. The molecule has 100 valence electrons. The van der Waals surface area contributed by atoms with Gasteiger partial charge in [-0.1, -0.05) is 23.7 Å². The zero-order chi connectivity index (χ0) is 13.6. The molecule has 18 heavy (non-hydrogen) atoms. The van der Waals surface area contributed by atoms with Gasteiger partial charge >= 0.3 is 0 Å². The molecule has 4 nitrogen and oxygen atoms in total.